The third-order valence-electron chi connectivity index (χ3n) is 3.86. The summed E-state index contributed by atoms with van der Waals surface area (Å²) in [5, 5.41) is 3.63. The lowest BCUT2D eigenvalue weighted by atomic mass is 9.83. The molecule has 90 valence electrons. The molecule has 15 heavy (non-hydrogen) atoms. The fourth-order valence-electron chi connectivity index (χ4n) is 2.44. The SMILES string of the molecule is CC1CCC(CNC(CN)C(C)C)CC1. The summed E-state index contributed by atoms with van der Waals surface area (Å²) in [5.74, 6) is 2.50. The first-order valence-electron chi connectivity index (χ1n) is 6.57. The average Bonchev–Trinajstić information content (AvgIpc) is 2.21. The van der Waals surface area contributed by atoms with Crippen LogP contribution in [0.25, 0.3) is 0 Å². The van der Waals surface area contributed by atoms with E-state index in [0.29, 0.717) is 12.0 Å². The fraction of sp³-hybridized carbons (Fsp3) is 1.00. The summed E-state index contributed by atoms with van der Waals surface area (Å²) < 4.78 is 0. The molecule has 1 aliphatic carbocycles. The summed E-state index contributed by atoms with van der Waals surface area (Å²) in [6.07, 6.45) is 5.65. The van der Waals surface area contributed by atoms with Crippen LogP contribution in [0.3, 0.4) is 0 Å². The number of hydrogen-bond acceptors (Lipinski definition) is 2. The van der Waals surface area contributed by atoms with Crippen molar-refractivity contribution in [2.45, 2.75) is 52.5 Å². The van der Waals surface area contributed by atoms with Gasteiger partial charge in [0.15, 0.2) is 0 Å². The maximum atomic E-state index is 5.75. The van der Waals surface area contributed by atoms with Gasteiger partial charge in [-0.1, -0.05) is 33.6 Å². The van der Waals surface area contributed by atoms with Crippen LogP contribution in [0.2, 0.25) is 0 Å². The smallest absolute Gasteiger partial charge is 0.0213 e. The molecule has 2 nitrogen and oxygen atoms in total. The zero-order valence-corrected chi connectivity index (χ0v) is 10.6. The molecule has 0 saturated heterocycles. The molecule has 2 heteroatoms. The molecule has 0 radical (unpaired) electrons. The van der Waals surface area contributed by atoms with E-state index in [1.165, 1.54) is 32.2 Å². The molecule has 0 spiro atoms. The van der Waals surface area contributed by atoms with E-state index in [2.05, 4.69) is 26.1 Å². The largest absolute Gasteiger partial charge is 0.329 e. The van der Waals surface area contributed by atoms with Gasteiger partial charge in [0.1, 0.15) is 0 Å². The molecular weight excluding hydrogens is 184 g/mol. The van der Waals surface area contributed by atoms with Crippen molar-refractivity contribution < 1.29 is 0 Å². The van der Waals surface area contributed by atoms with Gasteiger partial charge in [-0.25, -0.2) is 0 Å². The minimum Gasteiger partial charge on any atom is -0.329 e. The third-order valence-corrected chi connectivity index (χ3v) is 3.86. The van der Waals surface area contributed by atoms with Gasteiger partial charge >= 0.3 is 0 Å². The monoisotopic (exact) mass is 212 g/mol. The van der Waals surface area contributed by atoms with Crippen LogP contribution < -0.4 is 11.1 Å². The molecule has 0 aromatic heterocycles. The standard InChI is InChI=1S/C13H28N2/c1-10(2)13(8-14)15-9-12-6-4-11(3)5-7-12/h10-13,15H,4-9,14H2,1-3H3. The third kappa shape index (κ3) is 4.52. The Morgan fingerprint density at radius 2 is 1.80 bits per heavy atom. The van der Waals surface area contributed by atoms with Gasteiger partial charge in [0, 0.05) is 12.6 Å². The van der Waals surface area contributed by atoms with E-state index in [4.69, 9.17) is 5.73 Å². The maximum Gasteiger partial charge on any atom is 0.0213 e. The van der Waals surface area contributed by atoms with Gasteiger partial charge in [0.25, 0.3) is 0 Å². The van der Waals surface area contributed by atoms with Crippen molar-refractivity contribution in [2.75, 3.05) is 13.1 Å². The molecular formula is C13H28N2. The van der Waals surface area contributed by atoms with Crippen LogP contribution in [-0.4, -0.2) is 19.1 Å². The maximum absolute atomic E-state index is 5.75. The predicted molar refractivity (Wildman–Crippen MR) is 66.8 cm³/mol. The quantitative estimate of drug-likeness (QED) is 0.734. The zero-order chi connectivity index (χ0) is 11.3. The number of rotatable bonds is 5. The van der Waals surface area contributed by atoms with Crippen LogP contribution in [0.15, 0.2) is 0 Å². The highest BCUT2D eigenvalue weighted by Crippen LogP contribution is 2.27. The molecule has 1 aliphatic rings. The molecule has 1 unspecified atom stereocenters. The van der Waals surface area contributed by atoms with E-state index >= 15 is 0 Å². The molecule has 0 aliphatic heterocycles. The van der Waals surface area contributed by atoms with Crippen LogP contribution in [0, 0.1) is 17.8 Å². The van der Waals surface area contributed by atoms with Gasteiger partial charge in [-0.3, -0.25) is 0 Å². The summed E-state index contributed by atoms with van der Waals surface area (Å²) in [6.45, 7) is 8.80. The van der Waals surface area contributed by atoms with E-state index in [0.717, 1.165) is 18.4 Å². The van der Waals surface area contributed by atoms with Crippen LogP contribution >= 0.6 is 0 Å². The van der Waals surface area contributed by atoms with Gasteiger partial charge in [0.05, 0.1) is 0 Å². The second-order valence-electron chi connectivity index (χ2n) is 5.62. The second-order valence-corrected chi connectivity index (χ2v) is 5.62. The normalized spacial score (nSPS) is 29.4. The Bertz CT molecular complexity index is 160. The van der Waals surface area contributed by atoms with Gasteiger partial charge < -0.3 is 11.1 Å². The van der Waals surface area contributed by atoms with Crippen molar-refractivity contribution in [1.82, 2.24) is 5.32 Å². The van der Waals surface area contributed by atoms with E-state index < -0.39 is 0 Å². The Hall–Kier alpha value is -0.0800. The summed E-state index contributed by atoms with van der Waals surface area (Å²) in [4.78, 5) is 0. The van der Waals surface area contributed by atoms with E-state index in [1.54, 1.807) is 0 Å². The van der Waals surface area contributed by atoms with Crippen LogP contribution in [-0.2, 0) is 0 Å². The highest BCUT2D eigenvalue weighted by atomic mass is 14.9. The Morgan fingerprint density at radius 1 is 1.20 bits per heavy atom. The Balaban J connectivity index is 2.18. The van der Waals surface area contributed by atoms with Crippen molar-refractivity contribution >= 4 is 0 Å². The van der Waals surface area contributed by atoms with E-state index in [9.17, 15) is 0 Å². The molecule has 3 N–H and O–H groups in total. The first-order valence-corrected chi connectivity index (χ1v) is 6.57. The molecule has 1 atom stereocenters. The van der Waals surface area contributed by atoms with Crippen LogP contribution in [0.4, 0.5) is 0 Å². The molecule has 1 rings (SSSR count). The fourth-order valence-corrected chi connectivity index (χ4v) is 2.44. The van der Waals surface area contributed by atoms with Gasteiger partial charge in [-0.2, -0.15) is 0 Å². The van der Waals surface area contributed by atoms with Crippen molar-refractivity contribution in [3.8, 4) is 0 Å². The lowest BCUT2D eigenvalue weighted by molar-refractivity contribution is 0.265. The predicted octanol–water partition coefficient (Wildman–Crippen LogP) is 2.39. The van der Waals surface area contributed by atoms with E-state index in [-0.39, 0.29) is 0 Å². The van der Waals surface area contributed by atoms with Crippen LogP contribution in [0.1, 0.15) is 46.5 Å². The Morgan fingerprint density at radius 3 is 2.27 bits per heavy atom. The average molecular weight is 212 g/mol. The Kier molecular flexibility index (Phi) is 5.62. The van der Waals surface area contributed by atoms with Crippen molar-refractivity contribution in [2.24, 2.45) is 23.5 Å². The van der Waals surface area contributed by atoms with E-state index in [1.807, 2.05) is 0 Å². The minimum absolute atomic E-state index is 0.504. The van der Waals surface area contributed by atoms with Gasteiger partial charge in [-0.05, 0) is 37.1 Å². The molecule has 1 saturated carbocycles. The number of nitrogens with one attached hydrogen (secondary N) is 1. The Labute approximate surface area is 95.0 Å². The first kappa shape index (κ1) is 13.0. The lowest BCUT2D eigenvalue weighted by Crippen LogP contribution is -2.42. The highest BCUT2D eigenvalue weighted by molar-refractivity contribution is 4.76. The number of hydrogen-bond donors (Lipinski definition) is 2. The van der Waals surface area contributed by atoms with Crippen molar-refractivity contribution in [3.63, 3.8) is 0 Å². The first-order chi connectivity index (χ1) is 7.13. The lowest BCUT2D eigenvalue weighted by Gasteiger charge is -2.29. The van der Waals surface area contributed by atoms with Crippen LogP contribution in [0.5, 0.6) is 0 Å². The molecule has 0 heterocycles. The molecule has 0 aromatic rings. The molecule has 1 fully saturated rings. The summed E-state index contributed by atoms with van der Waals surface area (Å²) in [5.41, 5.74) is 5.75. The topological polar surface area (TPSA) is 38.0 Å². The summed E-state index contributed by atoms with van der Waals surface area (Å²) >= 11 is 0. The zero-order valence-electron chi connectivity index (χ0n) is 10.6. The molecule has 0 bridgehead atoms. The highest BCUT2D eigenvalue weighted by Gasteiger charge is 2.19. The molecule has 0 amide bonds. The van der Waals surface area contributed by atoms with Crippen molar-refractivity contribution in [3.05, 3.63) is 0 Å². The van der Waals surface area contributed by atoms with Gasteiger partial charge in [0.2, 0.25) is 0 Å². The molecule has 0 aromatic carbocycles. The van der Waals surface area contributed by atoms with Crippen molar-refractivity contribution in [1.29, 1.82) is 0 Å². The second kappa shape index (κ2) is 6.49. The summed E-state index contributed by atoms with van der Waals surface area (Å²) in [6, 6.07) is 0.504. The minimum atomic E-state index is 0.504. The van der Waals surface area contributed by atoms with Gasteiger partial charge in [-0.15, -0.1) is 0 Å². The number of nitrogens with two attached hydrogens (primary N) is 1. The summed E-state index contributed by atoms with van der Waals surface area (Å²) in [7, 11) is 0.